The summed E-state index contributed by atoms with van der Waals surface area (Å²) in [4.78, 5) is 12.5. The molecular weight excluding hydrogens is 501 g/mol. The van der Waals surface area contributed by atoms with Crippen molar-refractivity contribution in [2.45, 2.75) is 50.3 Å². The summed E-state index contributed by atoms with van der Waals surface area (Å²) in [6.07, 6.45) is 12.6. The lowest BCUT2D eigenvalue weighted by molar-refractivity contribution is -0.109. The predicted molar refractivity (Wildman–Crippen MR) is 149 cm³/mol. The number of hydrogen-bond acceptors (Lipinski definition) is 7. The largest absolute Gasteiger partial charge is 0.387 e. The molecule has 38 heavy (non-hydrogen) atoms. The summed E-state index contributed by atoms with van der Waals surface area (Å²) in [6.45, 7) is 0.586. The molecule has 1 aromatic carbocycles. The number of nitrogens with one attached hydrogen (secondary N) is 3. The number of nitrogens with two attached hydrogens (primary N) is 1. The third-order valence-electron chi connectivity index (χ3n) is 6.84. The van der Waals surface area contributed by atoms with E-state index in [2.05, 4.69) is 10.6 Å². The van der Waals surface area contributed by atoms with Crippen molar-refractivity contribution in [1.29, 1.82) is 10.7 Å². The zero-order valence-corrected chi connectivity index (χ0v) is 22.1. The number of nitrogens with zero attached hydrogens (tertiary/aromatic N) is 1. The van der Waals surface area contributed by atoms with Crippen molar-refractivity contribution in [1.82, 2.24) is 10.6 Å². The molecule has 5 N–H and O–H groups in total. The van der Waals surface area contributed by atoms with Crippen molar-refractivity contribution >= 4 is 29.0 Å². The Morgan fingerprint density at radius 3 is 2.87 bits per heavy atom. The molecule has 0 spiro atoms. The number of hydrogen-bond donors (Lipinski definition) is 4. The Hall–Kier alpha value is -3.58. The minimum Gasteiger partial charge on any atom is -0.387 e. The van der Waals surface area contributed by atoms with Gasteiger partial charge in [-0.15, -0.1) is 11.3 Å². The van der Waals surface area contributed by atoms with E-state index in [4.69, 9.17) is 21.1 Å². The molecule has 1 atom stereocenters. The van der Waals surface area contributed by atoms with Crippen molar-refractivity contribution in [2.24, 2.45) is 5.73 Å². The maximum atomic E-state index is 14.6. The molecule has 1 aromatic heterocycles. The molecule has 2 aromatic rings. The number of benzene rings is 1. The van der Waals surface area contributed by atoms with Crippen LogP contribution in [0.3, 0.4) is 0 Å². The number of nitriles is 1. The number of amides is 1. The van der Waals surface area contributed by atoms with Gasteiger partial charge in [-0.25, -0.2) is 4.39 Å². The van der Waals surface area contributed by atoms with Gasteiger partial charge in [0.25, 0.3) is 0 Å². The normalized spacial score (nSPS) is 20.4. The van der Waals surface area contributed by atoms with E-state index in [1.807, 2.05) is 30.5 Å². The summed E-state index contributed by atoms with van der Waals surface area (Å²) < 4.78 is 19.9. The molecule has 1 unspecified atom stereocenters. The molecular formula is C29H32FN5O2S. The second-order valence-electron chi connectivity index (χ2n) is 9.58. The Balaban J connectivity index is 1.62. The van der Waals surface area contributed by atoms with Crippen LogP contribution in [0, 0.1) is 22.6 Å². The van der Waals surface area contributed by atoms with E-state index in [0.717, 1.165) is 52.1 Å². The number of rotatable bonds is 12. The van der Waals surface area contributed by atoms with E-state index < -0.39 is 5.82 Å². The molecule has 0 aliphatic heterocycles. The van der Waals surface area contributed by atoms with Gasteiger partial charge in [0.2, 0.25) is 6.41 Å². The molecule has 0 saturated heterocycles. The van der Waals surface area contributed by atoms with Crippen LogP contribution in [0.25, 0.3) is 16.7 Å². The lowest BCUT2D eigenvalue weighted by atomic mass is 9.89. The lowest BCUT2D eigenvalue weighted by Gasteiger charge is -2.34. The van der Waals surface area contributed by atoms with E-state index in [-0.39, 0.29) is 17.7 Å². The van der Waals surface area contributed by atoms with Crippen LogP contribution in [0.1, 0.15) is 41.0 Å². The summed E-state index contributed by atoms with van der Waals surface area (Å²) >= 11 is 1.60. The van der Waals surface area contributed by atoms with Crippen LogP contribution in [0.4, 0.5) is 4.39 Å². The zero-order valence-electron chi connectivity index (χ0n) is 21.3. The number of carbonyl (C=O) groups excluding carboxylic acids is 1. The smallest absolute Gasteiger partial charge is 0.207 e. The molecule has 4 rings (SSSR count). The van der Waals surface area contributed by atoms with Crippen molar-refractivity contribution in [3.05, 3.63) is 75.4 Å². The van der Waals surface area contributed by atoms with Crippen molar-refractivity contribution < 1.29 is 13.9 Å². The van der Waals surface area contributed by atoms with Gasteiger partial charge < -0.3 is 26.5 Å². The van der Waals surface area contributed by atoms with Gasteiger partial charge in [0.1, 0.15) is 11.9 Å². The summed E-state index contributed by atoms with van der Waals surface area (Å²) in [6, 6.07) is 8.83. The third-order valence-corrected chi connectivity index (χ3v) is 8.05. The van der Waals surface area contributed by atoms with Crippen LogP contribution in [-0.4, -0.2) is 44.0 Å². The van der Waals surface area contributed by atoms with E-state index in [9.17, 15) is 9.18 Å². The summed E-state index contributed by atoms with van der Waals surface area (Å²) in [5.41, 5.74) is 10.0. The minimum atomic E-state index is -0.558. The van der Waals surface area contributed by atoms with Crippen LogP contribution in [0.15, 0.2) is 54.3 Å². The Kier molecular flexibility index (Phi) is 9.24. The van der Waals surface area contributed by atoms with Gasteiger partial charge in [-0.05, 0) is 73.6 Å². The third kappa shape index (κ3) is 6.64. The topological polar surface area (TPSA) is 124 Å². The summed E-state index contributed by atoms with van der Waals surface area (Å²) in [7, 11) is 1.72. The van der Waals surface area contributed by atoms with E-state index >= 15 is 0 Å². The molecule has 2 aliphatic carbocycles. The Labute approximate surface area is 226 Å². The summed E-state index contributed by atoms with van der Waals surface area (Å²) in [5.74, 6) is -0.558. The number of carbonyl (C=O) groups is 1. The van der Waals surface area contributed by atoms with E-state index in [0.29, 0.717) is 36.7 Å². The molecule has 0 radical (unpaired) electrons. The van der Waals surface area contributed by atoms with Crippen LogP contribution < -0.4 is 16.4 Å². The van der Waals surface area contributed by atoms with Gasteiger partial charge in [0.05, 0.1) is 17.4 Å². The highest BCUT2D eigenvalue weighted by Gasteiger charge is 2.28. The van der Waals surface area contributed by atoms with Crippen LogP contribution in [0.5, 0.6) is 0 Å². The number of methoxy groups -OCH3 is 1. The van der Waals surface area contributed by atoms with Gasteiger partial charge >= 0.3 is 0 Å². The van der Waals surface area contributed by atoms with E-state index in [1.54, 1.807) is 30.6 Å². The standard InChI is InChI=1S/C29H32FN5O2S/c1-37-24-12-23(13-24)35-16-21-9-19(6-7-28(21)33)29-26(18-4-5-20(15-31)27(30)10-18)14-25(38-29)11-22(32)3-2-8-34-17-36/h4-7,9-10,14,16-17,22-24,33,35H,2-3,8,11-13,32H2,1H3,(H,34,36)/b21-16-,33-28?. The minimum absolute atomic E-state index is 0.00457. The highest BCUT2D eigenvalue weighted by atomic mass is 32.1. The van der Waals surface area contributed by atoms with Crippen LogP contribution in [0.2, 0.25) is 0 Å². The molecule has 2 aliphatic rings. The van der Waals surface area contributed by atoms with Gasteiger partial charge in [0.15, 0.2) is 0 Å². The predicted octanol–water partition coefficient (Wildman–Crippen LogP) is 4.45. The molecule has 1 fully saturated rings. The van der Waals surface area contributed by atoms with E-state index in [1.165, 1.54) is 12.1 Å². The fourth-order valence-corrected chi connectivity index (χ4v) is 5.82. The Bertz CT molecular complexity index is 1320. The average Bonchev–Trinajstić information content (AvgIpc) is 3.30. The first kappa shape index (κ1) is 27.5. The van der Waals surface area contributed by atoms with Crippen molar-refractivity contribution in [3.63, 3.8) is 0 Å². The second-order valence-corrected chi connectivity index (χ2v) is 10.7. The highest BCUT2D eigenvalue weighted by Crippen LogP contribution is 2.39. The fraction of sp³-hybridized carbons (Fsp3) is 0.345. The molecule has 1 amide bonds. The van der Waals surface area contributed by atoms with Crippen molar-refractivity contribution in [2.75, 3.05) is 13.7 Å². The van der Waals surface area contributed by atoms with Gasteiger partial charge in [0, 0.05) is 52.8 Å². The van der Waals surface area contributed by atoms with Crippen molar-refractivity contribution in [3.8, 4) is 17.2 Å². The van der Waals surface area contributed by atoms with Gasteiger partial charge in [-0.3, -0.25) is 4.79 Å². The number of ether oxygens (including phenoxy) is 1. The SMILES string of the molecule is COC1CC(N/C=C2/C=C(c3sc(CC(N)CCCNC=O)cc3-c3ccc(C#N)c(F)c3)C=CC2=N)C1. The zero-order chi connectivity index (χ0) is 27.1. The second kappa shape index (κ2) is 12.8. The maximum Gasteiger partial charge on any atom is 0.207 e. The fourth-order valence-electron chi connectivity index (χ4n) is 4.56. The van der Waals surface area contributed by atoms with Crippen LogP contribution >= 0.6 is 11.3 Å². The number of allylic oxidation sites excluding steroid dienone is 5. The maximum absolute atomic E-state index is 14.6. The first-order valence-corrected chi connectivity index (χ1v) is 13.5. The number of thiophene rings is 1. The molecule has 0 bridgehead atoms. The Morgan fingerprint density at radius 1 is 1.34 bits per heavy atom. The first-order chi connectivity index (χ1) is 18.4. The first-order valence-electron chi connectivity index (χ1n) is 12.6. The summed E-state index contributed by atoms with van der Waals surface area (Å²) in [5, 5.41) is 23.6. The number of halogens is 1. The Morgan fingerprint density at radius 2 is 2.16 bits per heavy atom. The molecule has 198 valence electrons. The molecule has 7 nitrogen and oxygen atoms in total. The lowest BCUT2D eigenvalue weighted by Crippen LogP contribution is -2.43. The average molecular weight is 534 g/mol. The molecule has 1 saturated carbocycles. The quantitative estimate of drug-likeness (QED) is 0.237. The van der Waals surface area contributed by atoms with Gasteiger partial charge in [-0.2, -0.15) is 5.26 Å². The monoisotopic (exact) mass is 533 g/mol. The van der Waals surface area contributed by atoms with Crippen LogP contribution in [-0.2, 0) is 16.0 Å². The highest BCUT2D eigenvalue weighted by molar-refractivity contribution is 7.13. The molecule has 1 heterocycles. The van der Waals surface area contributed by atoms with Gasteiger partial charge in [-0.1, -0.05) is 12.1 Å². The molecule has 9 heteroatoms.